The molecule has 6 nitrogen and oxygen atoms in total. The number of hydrogen-bond donors (Lipinski definition) is 1. The number of rotatable bonds is 4. The van der Waals surface area contributed by atoms with Crippen LogP contribution in [-0.2, 0) is 16.0 Å². The second-order valence-corrected chi connectivity index (χ2v) is 7.75. The first kappa shape index (κ1) is 18.4. The van der Waals surface area contributed by atoms with Gasteiger partial charge in [0.05, 0.1) is 11.4 Å². The molecule has 1 fully saturated rings. The average molecular weight is 409 g/mol. The van der Waals surface area contributed by atoms with E-state index in [2.05, 4.69) is 38.1 Å². The molecule has 0 aliphatic carbocycles. The molecular formula is C18H25BrN4O2. The van der Waals surface area contributed by atoms with E-state index >= 15 is 0 Å². The zero-order valence-corrected chi connectivity index (χ0v) is 16.4. The summed E-state index contributed by atoms with van der Waals surface area (Å²) in [5.74, 6) is 0.00337. The third kappa shape index (κ3) is 4.40. The lowest BCUT2D eigenvalue weighted by molar-refractivity contribution is -0.119. The van der Waals surface area contributed by atoms with Crippen LogP contribution in [0, 0.1) is 0 Å². The first-order valence-electron chi connectivity index (χ1n) is 8.75. The van der Waals surface area contributed by atoms with E-state index in [1.54, 1.807) is 0 Å². The predicted molar refractivity (Wildman–Crippen MR) is 103 cm³/mol. The number of likely N-dealkylation sites (N-methyl/N-ethyl adjacent to an activating group) is 1. The van der Waals surface area contributed by atoms with Crippen molar-refractivity contribution in [1.82, 2.24) is 9.80 Å². The van der Waals surface area contributed by atoms with E-state index < -0.39 is 0 Å². The third-order valence-corrected chi connectivity index (χ3v) is 5.34. The smallest absolute Gasteiger partial charge is 0.228 e. The topological polar surface area (TPSA) is 55.9 Å². The van der Waals surface area contributed by atoms with E-state index in [4.69, 9.17) is 0 Å². The highest BCUT2D eigenvalue weighted by molar-refractivity contribution is 9.10. The maximum absolute atomic E-state index is 12.8. The standard InChI is InChI=1S/C18H25BrN4O2/c1-13(24)20-16-12-15(19)11-14-3-6-23(18(14)16)17(25)4-5-22-9-7-21(2)8-10-22/h11-12H,3-10H2,1-2H3,(H,20,24). The largest absolute Gasteiger partial charge is 0.324 e. The SMILES string of the molecule is CC(=O)Nc1cc(Br)cc2c1N(C(=O)CCN1CCN(C)CC1)CC2. The zero-order valence-electron chi connectivity index (χ0n) is 14.8. The fourth-order valence-corrected chi connectivity index (χ4v) is 4.01. The summed E-state index contributed by atoms with van der Waals surface area (Å²) in [7, 11) is 2.13. The number of carbonyl (C=O) groups excluding carboxylic acids is 2. The molecule has 0 radical (unpaired) electrons. The van der Waals surface area contributed by atoms with Gasteiger partial charge in [0.1, 0.15) is 0 Å². The molecule has 2 aliphatic heterocycles. The van der Waals surface area contributed by atoms with Crippen LogP contribution in [0.4, 0.5) is 11.4 Å². The Bertz CT molecular complexity index is 671. The quantitative estimate of drug-likeness (QED) is 0.826. The molecule has 0 unspecified atom stereocenters. The number of fused-ring (bicyclic) bond motifs is 1. The molecule has 0 spiro atoms. The molecule has 136 valence electrons. The zero-order chi connectivity index (χ0) is 18.0. The Kier molecular flexibility index (Phi) is 5.76. The summed E-state index contributed by atoms with van der Waals surface area (Å²) in [5, 5.41) is 2.86. The van der Waals surface area contributed by atoms with Gasteiger partial charge in [-0.05, 0) is 31.2 Å². The highest BCUT2D eigenvalue weighted by Gasteiger charge is 2.28. The summed E-state index contributed by atoms with van der Waals surface area (Å²) in [6.45, 7) is 7.12. The molecule has 2 aliphatic rings. The van der Waals surface area contributed by atoms with E-state index in [0.29, 0.717) is 18.7 Å². The van der Waals surface area contributed by atoms with Crippen LogP contribution in [0.2, 0.25) is 0 Å². The Labute approximate surface area is 157 Å². The maximum atomic E-state index is 12.8. The molecule has 1 aromatic carbocycles. The first-order chi connectivity index (χ1) is 11.9. The number of hydrogen-bond acceptors (Lipinski definition) is 4. The summed E-state index contributed by atoms with van der Waals surface area (Å²) in [5.41, 5.74) is 2.68. The van der Waals surface area contributed by atoms with Gasteiger partial charge < -0.3 is 20.0 Å². The fourth-order valence-electron chi connectivity index (χ4n) is 3.50. The Morgan fingerprint density at radius 1 is 1.16 bits per heavy atom. The minimum atomic E-state index is -0.128. The number of anilines is 2. The molecule has 1 aromatic rings. The number of piperazine rings is 1. The first-order valence-corrected chi connectivity index (χ1v) is 9.54. The van der Waals surface area contributed by atoms with Crippen LogP contribution in [0.15, 0.2) is 16.6 Å². The van der Waals surface area contributed by atoms with Gasteiger partial charge in [-0.1, -0.05) is 15.9 Å². The molecule has 25 heavy (non-hydrogen) atoms. The van der Waals surface area contributed by atoms with Crippen LogP contribution in [-0.4, -0.2) is 67.9 Å². The molecule has 2 amide bonds. The van der Waals surface area contributed by atoms with Crippen molar-refractivity contribution < 1.29 is 9.59 Å². The van der Waals surface area contributed by atoms with Crippen LogP contribution in [0.5, 0.6) is 0 Å². The van der Waals surface area contributed by atoms with Crippen molar-refractivity contribution in [2.75, 3.05) is 56.5 Å². The van der Waals surface area contributed by atoms with E-state index in [1.807, 2.05) is 17.0 Å². The van der Waals surface area contributed by atoms with E-state index in [1.165, 1.54) is 6.92 Å². The molecule has 3 rings (SSSR count). The van der Waals surface area contributed by atoms with E-state index in [0.717, 1.165) is 54.9 Å². The van der Waals surface area contributed by atoms with Gasteiger partial charge in [-0.15, -0.1) is 0 Å². The van der Waals surface area contributed by atoms with Gasteiger partial charge in [-0.25, -0.2) is 0 Å². The Morgan fingerprint density at radius 2 is 1.88 bits per heavy atom. The molecule has 1 saturated heterocycles. The summed E-state index contributed by atoms with van der Waals surface area (Å²) in [4.78, 5) is 30.8. The lowest BCUT2D eigenvalue weighted by atomic mass is 10.1. The summed E-state index contributed by atoms with van der Waals surface area (Å²) in [6.07, 6.45) is 1.33. The number of nitrogens with one attached hydrogen (secondary N) is 1. The van der Waals surface area contributed by atoms with Crippen LogP contribution in [0.25, 0.3) is 0 Å². The minimum Gasteiger partial charge on any atom is -0.324 e. The minimum absolute atomic E-state index is 0.128. The van der Waals surface area contributed by atoms with Gasteiger partial charge in [0.15, 0.2) is 0 Å². The lowest BCUT2D eigenvalue weighted by Gasteiger charge is -2.32. The van der Waals surface area contributed by atoms with Crippen LogP contribution >= 0.6 is 15.9 Å². The Hall–Kier alpha value is -1.44. The van der Waals surface area contributed by atoms with E-state index in [-0.39, 0.29) is 11.8 Å². The number of nitrogens with zero attached hydrogens (tertiary/aromatic N) is 3. The average Bonchev–Trinajstić information content (AvgIpc) is 2.97. The van der Waals surface area contributed by atoms with Crippen molar-refractivity contribution in [3.8, 4) is 0 Å². The number of halogens is 1. The maximum Gasteiger partial charge on any atom is 0.228 e. The molecule has 2 heterocycles. The van der Waals surface area contributed by atoms with Gasteiger partial charge in [-0.2, -0.15) is 0 Å². The van der Waals surface area contributed by atoms with E-state index in [9.17, 15) is 9.59 Å². The normalized spacial score (nSPS) is 18.3. The summed E-state index contributed by atoms with van der Waals surface area (Å²) in [6, 6.07) is 3.90. The van der Waals surface area contributed by atoms with Gasteiger partial charge in [-0.3, -0.25) is 9.59 Å². The second-order valence-electron chi connectivity index (χ2n) is 6.83. The van der Waals surface area contributed by atoms with Crippen molar-refractivity contribution in [3.63, 3.8) is 0 Å². The third-order valence-electron chi connectivity index (χ3n) is 4.88. The molecule has 0 atom stereocenters. The molecule has 1 N–H and O–H groups in total. The predicted octanol–water partition coefficient (Wildman–Crippen LogP) is 1.93. The van der Waals surface area contributed by atoms with Crippen molar-refractivity contribution in [2.24, 2.45) is 0 Å². The van der Waals surface area contributed by atoms with Gasteiger partial charge in [0, 0.05) is 57.1 Å². The molecule has 0 bridgehead atoms. The number of carbonyl (C=O) groups is 2. The van der Waals surface area contributed by atoms with Crippen molar-refractivity contribution >= 4 is 39.1 Å². The Balaban J connectivity index is 1.69. The Morgan fingerprint density at radius 3 is 2.56 bits per heavy atom. The molecule has 0 saturated carbocycles. The highest BCUT2D eigenvalue weighted by Crippen LogP contribution is 2.38. The van der Waals surface area contributed by atoms with Crippen LogP contribution in [0.1, 0.15) is 18.9 Å². The number of amides is 2. The number of benzene rings is 1. The van der Waals surface area contributed by atoms with Crippen molar-refractivity contribution in [3.05, 3.63) is 22.2 Å². The summed E-state index contributed by atoms with van der Waals surface area (Å²) < 4.78 is 0.918. The monoisotopic (exact) mass is 408 g/mol. The fraction of sp³-hybridized carbons (Fsp3) is 0.556. The molecule has 7 heteroatoms. The van der Waals surface area contributed by atoms with Gasteiger partial charge in [0.25, 0.3) is 0 Å². The van der Waals surface area contributed by atoms with Gasteiger partial charge >= 0.3 is 0 Å². The molecular weight excluding hydrogens is 384 g/mol. The van der Waals surface area contributed by atoms with Gasteiger partial charge in [0.2, 0.25) is 11.8 Å². The summed E-state index contributed by atoms with van der Waals surface area (Å²) >= 11 is 3.48. The second kappa shape index (κ2) is 7.85. The van der Waals surface area contributed by atoms with Crippen LogP contribution < -0.4 is 10.2 Å². The van der Waals surface area contributed by atoms with Crippen LogP contribution in [0.3, 0.4) is 0 Å². The van der Waals surface area contributed by atoms with Crippen molar-refractivity contribution in [2.45, 2.75) is 19.8 Å². The highest BCUT2D eigenvalue weighted by atomic mass is 79.9. The van der Waals surface area contributed by atoms with Crippen molar-refractivity contribution in [1.29, 1.82) is 0 Å². The molecule has 0 aromatic heterocycles. The lowest BCUT2D eigenvalue weighted by Crippen LogP contribution is -2.45.